The Morgan fingerprint density at radius 2 is 2.10 bits per heavy atom. The van der Waals surface area contributed by atoms with E-state index >= 15 is 0 Å². The summed E-state index contributed by atoms with van der Waals surface area (Å²) in [6, 6.07) is 6.53. The minimum atomic E-state index is 0.00736. The number of H-pyrrole nitrogens is 1. The number of nitrogens with zero attached hydrogens (tertiary/aromatic N) is 2. The van der Waals surface area contributed by atoms with E-state index in [1.54, 1.807) is 0 Å². The van der Waals surface area contributed by atoms with E-state index in [0.717, 1.165) is 29.8 Å². The van der Waals surface area contributed by atoms with Crippen molar-refractivity contribution in [2.45, 2.75) is 45.2 Å². The summed E-state index contributed by atoms with van der Waals surface area (Å²) in [5.41, 5.74) is 9.53. The molecule has 1 aliphatic heterocycles. The van der Waals surface area contributed by atoms with E-state index in [-0.39, 0.29) is 6.04 Å². The Labute approximate surface area is 120 Å². The molecule has 0 aliphatic carbocycles. The van der Waals surface area contributed by atoms with Crippen LogP contribution in [0.4, 0.5) is 0 Å². The highest BCUT2D eigenvalue weighted by Crippen LogP contribution is 2.20. The van der Waals surface area contributed by atoms with Crippen LogP contribution in [0.5, 0.6) is 0 Å². The lowest BCUT2D eigenvalue weighted by molar-refractivity contribution is 0.221. The van der Waals surface area contributed by atoms with Crippen LogP contribution in [-0.4, -0.2) is 28.0 Å². The van der Waals surface area contributed by atoms with Crippen molar-refractivity contribution in [3.8, 4) is 0 Å². The van der Waals surface area contributed by atoms with Crippen molar-refractivity contribution >= 4 is 11.0 Å². The molecule has 1 unspecified atom stereocenters. The summed E-state index contributed by atoms with van der Waals surface area (Å²) in [6.07, 6.45) is 4.96. The average Bonchev–Trinajstić information content (AvgIpc) is 2.90. The number of fused-ring (bicyclic) bond motifs is 1. The first-order valence-electron chi connectivity index (χ1n) is 7.72. The van der Waals surface area contributed by atoms with Gasteiger partial charge >= 0.3 is 0 Å². The summed E-state index contributed by atoms with van der Waals surface area (Å²) in [5.74, 6) is 0.901. The molecule has 20 heavy (non-hydrogen) atoms. The Balaban J connectivity index is 1.79. The zero-order valence-corrected chi connectivity index (χ0v) is 12.2. The highest BCUT2D eigenvalue weighted by atomic mass is 15.1. The van der Waals surface area contributed by atoms with E-state index in [9.17, 15) is 0 Å². The van der Waals surface area contributed by atoms with Gasteiger partial charge in [0, 0.05) is 6.54 Å². The SMILES string of the molecule is CCC(N)c1nc2ccc(CN3CCCCC3)cc2[nH]1. The smallest absolute Gasteiger partial charge is 0.124 e. The number of rotatable bonds is 4. The van der Waals surface area contributed by atoms with Gasteiger partial charge in [-0.1, -0.05) is 19.4 Å². The number of benzene rings is 1. The van der Waals surface area contributed by atoms with E-state index < -0.39 is 0 Å². The molecule has 2 aromatic rings. The number of aromatic amines is 1. The van der Waals surface area contributed by atoms with Gasteiger partial charge in [0.15, 0.2) is 0 Å². The molecule has 3 N–H and O–H groups in total. The predicted molar refractivity (Wildman–Crippen MR) is 82.4 cm³/mol. The van der Waals surface area contributed by atoms with E-state index in [1.165, 1.54) is 37.9 Å². The lowest BCUT2D eigenvalue weighted by Gasteiger charge is -2.26. The maximum absolute atomic E-state index is 6.04. The van der Waals surface area contributed by atoms with E-state index in [0.29, 0.717) is 0 Å². The third-order valence-electron chi connectivity index (χ3n) is 4.21. The Morgan fingerprint density at radius 3 is 2.85 bits per heavy atom. The van der Waals surface area contributed by atoms with Gasteiger partial charge in [-0.25, -0.2) is 4.98 Å². The molecule has 1 aliphatic rings. The third-order valence-corrected chi connectivity index (χ3v) is 4.21. The van der Waals surface area contributed by atoms with Gasteiger partial charge in [-0.2, -0.15) is 0 Å². The fourth-order valence-electron chi connectivity index (χ4n) is 2.92. The number of hydrogen-bond acceptors (Lipinski definition) is 3. The molecular formula is C16H24N4. The molecule has 2 heterocycles. The van der Waals surface area contributed by atoms with Gasteiger partial charge in [0.05, 0.1) is 17.1 Å². The number of hydrogen-bond donors (Lipinski definition) is 2. The molecule has 1 fully saturated rings. The zero-order chi connectivity index (χ0) is 13.9. The highest BCUT2D eigenvalue weighted by molar-refractivity contribution is 5.76. The Bertz CT molecular complexity index is 569. The predicted octanol–water partition coefficient (Wildman–Crippen LogP) is 2.96. The first-order valence-corrected chi connectivity index (χ1v) is 7.72. The second-order valence-electron chi connectivity index (χ2n) is 5.83. The summed E-state index contributed by atoms with van der Waals surface area (Å²) >= 11 is 0. The quantitative estimate of drug-likeness (QED) is 0.899. The molecule has 4 heteroatoms. The van der Waals surface area contributed by atoms with Crippen molar-refractivity contribution in [3.05, 3.63) is 29.6 Å². The van der Waals surface area contributed by atoms with Gasteiger partial charge in [-0.05, 0) is 50.0 Å². The van der Waals surface area contributed by atoms with E-state index in [4.69, 9.17) is 5.73 Å². The van der Waals surface area contributed by atoms with Gasteiger partial charge in [0.1, 0.15) is 5.82 Å². The second-order valence-corrected chi connectivity index (χ2v) is 5.83. The van der Waals surface area contributed by atoms with Crippen LogP contribution in [0.1, 0.15) is 50.0 Å². The monoisotopic (exact) mass is 272 g/mol. The van der Waals surface area contributed by atoms with Crippen LogP contribution in [0.2, 0.25) is 0 Å². The summed E-state index contributed by atoms with van der Waals surface area (Å²) in [6.45, 7) is 5.59. The molecule has 1 atom stereocenters. The van der Waals surface area contributed by atoms with Crippen LogP contribution >= 0.6 is 0 Å². The number of nitrogens with two attached hydrogens (primary N) is 1. The van der Waals surface area contributed by atoms with Crippen LogP contribution in [0.25, 0.3) is 11.0 Å². The van der Waals surface area contributed by atoms with Crippen LogP contribution in [-0.2, 0) is 6.54 Å². The Morgan fingerprint density at radius 1 is 1.30 bits per heavy atom. The van der Waals surface area contributed by atoms with Gasteiger partial charge in [-0.15, -0.1) is 0 Å². The van der Waals surface area contributed by atoms with Crippen molar-refractivity contribution in [2.24, 2.45) is 5.73 Å². The molecule has 0 spiro atoms. The Kier molecular flexibility index (Phi) is 4.03. The maximum atomic E-state index is 6.04. The molecule has 1 aromatic heterocycles. The molecule has 3 rings (SSSR count). The average molecular weight is 272 g/mol. The fourth-order valence-corrected chi connectivity index (χ4v) is 2.92. The van der Waals surface area contributed by atoms with Crippen LogP contribution in [0, 0.1) is 0 Å². The van der Waals surface area contributed by atoms with Crippen molar-refractivity contribution in [2.75, 3.05) is 13.1 Å². The van der Waals surface area contributed by atoms with Crippen LogP contribution < -0.4 is 5.73 Å². The Hall–Kier alpha value is -1.39. The molecule has 108 valence electrons. The van der Waals surface area contributed by atoms with Crippen LogP contribution in [0.3, 0.4) is 0 Å². The minimum absolute atomic E-state index is 0.00736. The zero-order valence-electron chi connectivity index (χ0n) is 12.2. The summed E-state index contributed by atoms with van der Waals surface area (Å²) in [7, 11) is 0. The van der Waals surface area contributed by atoms with Gasteiger partial charge < -0.3 is 10.7 Å². The summed E-state index contributed by atoms with van der Waals surface area (Å²) in [5, 5.41) is 0. The lowest BCUT2D eigenvalue weighted by atomic mass is 10.1. The normalized spacial score (nSPS) is 18.5. The molecule has 1 saturated heterocycles. The molecular weight excluding hydrogens is 248 g/mol. The number of imidazole rings is 1. The second kappa shape index (κ2) is 5.94. The van der Waals surface area contributed by atoms with Crippen molar-refractivity contribution < 1.29 is 0 Å². The molecule has 0 amide bonds. The number of piperidine rings is 1. The first kappa shape index (κ1) is 13.6. The largest absolute Gasteiger partial charge is 0.341 e. The molecule has 1 aromatic carbocycles. The van der Waals surface area contributed by atoms with Crippen molar-refractivity contribution in [1.82, 2.24) is 14.9 Å². The molecule has 0 bridgehead atoms. The molecule has 4 nitrogen and oxygen atoms in total. The number of likely N-dealkylation sites (tertiary alicyclic amines) is 1. The minimum Gasteiger partial charge on any atom is -0.341 e. The molecule has 0 radical (unpaired) electrons. The van der Waals surface area contributed by atoms with Gasteiger partial charge in [0.2, 0.25) is 0 Å². The van der Waals surface area contributed by atoms with Crippen LogP contribution in [0.15, 0.2) is 18.2 Å². The molecule has 0 saturated carbocycles. The standard InChI is InChI=1S/C16H24N4/c1-2-13(17)16-18-14-7-6-12(10-15(14)19-16)11-20-8-4-3-5-9-20/h6-7,10,13H,2-5,8-9,11,17H2,1H3,(H,18,19). The van der Waals surface area contributed by atoms with E-state index in [2.05, 4.69) is 40.0 Å². The first-order chi connectivity index (χ1) is 9.76. The van der Waals surface area contributed by atoms with Crippen molar-refractivity contribution in [3.63, 3.8) is 0 Å². The van der Waals surface area contributed by atoms with Gasteiger partial charge in [-0.3, -0.25) is 4.90 Å². The highest BCUT2D eigenvalue weighted by Gasteiger charge is 2.12. The topological polar surface area (TPSA) is 57.9 Å². The lowest BCUT2D eigenvalue weighted by Crippen LogP contribution is -2.29. The summed E-state index contributed by atoms with van der Waals surface area (Å²) in [4.78, 5) is 10.5. The number of aromatic nitrogens is 2. The van der Waals surface area contributed by atoms with E-state index in [1.807, 2.05) is 0 Å². The van der Waals surface area contributed by atoms with Gasteiger partial charge in [0.25, 0.3) is 0 Å². The third kappa shape index (κ3) is 2.86. The number of nitrogens with one attached hydrogen (secondary N) is 1. The van der Waals surface area contributed by atoms with Crippen molar-refractivity contribution in [1.29, 1.82) is 0 Å². The summed E-state index contributed by atoms with van der Waals surface area (Å²) < 4.78 is 0. The fraction of sp³-hybridized carbons (Fsp3) is 0.562. The maximum Gasteiger partial charge on any atom is 0.124 e.